The number of benzene rings is 1. The Kier molecular flexibility index (Phi) is 7.16. The number of carbonyl (C=O) groups excluding carboxylic acids is 1. The van der Waals surface area contributed by atoms with E-state index in [9.17, 15) is 4.79 Å². The molecule has 0 aliphatic rings. The van der Waals surface area contributed by atoms with Crippen molar-refractivity contribution in [3.8, 4) is 0 Å². The van der Waals surface area contributed by atoms with Crippen LogP contribution in [0, 0.1) is 0 Å². The molecule has 6 heteroatoms. The van der Waals surface area contributed by atoms with Crippen LogP contribution in [-0.4, -0.2) is 40.7 Å². The third-order valence-corrected chi connectivity index (χ3v) is 4.40. The summed E-state index contributed by atoms with van der Waals surface area (Å²) in [4.78, 5) is 14.8. The van der Waals surface area contributed by atoms with Gasteiger partial charge in [-0.25, -0.2) is 0 Å². The van der Waals surface area contributed by atoms with E-state index in [1.807, 2.05) is 13.2 Å². The zero-order valence-corrected chi connectivity index (χ0v) is 15.6. The molecule has 1 atom stereocenters. The average molecular weight is 343 g/mol. The molecule has 1 aromatic carbocycles. The van der Waals surface area contributed by atoms with Crippen LogP contribution in [0.4, 0.5) is 0 Å². The van der Waals surface area contributed by atoms with Gasteiger partial charge >= 0.3 is 0 Å². The Hall–Kier alpha value is -2.18. The molecular formula is C19H29N5O. The molecule has 25 heavy (non-hydrogen) atoms. The molecule has 0 aliphatic carbocycles. The number of aryl methyl sites for hydroxylation is 1. The molecule has 1 heterocycles. The molecule has 2 aromatic rings. The fourth-order valence-corrected chi connectivity index (χ4v) is 2.80. The normalized spacial score (nSPS) is 12.4. The first kappa shape index (κ1) is 19.1. The van der Waals surface area contributed by atoms with Crippen molar-refractivity contribution >= 4 is 5.91 Å². The summed E-state index contributed by atoms with van der Waals surface area (Å²) in [5.74, 6) is -0.0530. The van der Waals surface area contributed by atoms with Crippen molar-refractivity contribution in [3.05, 3.63) is 53.3 Å². The Balaban J connectivity index is 1.90. The maximum atomic E-state index is 12.4. The zero-order valence-electron chi connectivity index (χ0n) is 15.6. The third-order valence-electron chi connectivity index (χ3n) is 4.40. The van der Waals surface area contributed by atoms with Crippen LogP contribution >= 0.6 is 0 Å². The van der Waals surface area contributed by atoms with E-state index < -0.39 is 6.04 Å². The number of likely N-dealkylation sites (N-methyl/N-ethyl adjacent to an activating group) is 1. The van der Waals surface area contributed by atoms with Crippen LogP contribution in [0.5, 0.6) is 0 Å². The van der Waals surface area contributed by atoms with Crippen molar-refractivity contribution in [2.24, 2.45) is 7.05 Å². The lowest BCUT2D eigenvalue weighted by Crippen LogP contribution is -2.35. The highest BCUT2D eigenvalue weighted by Gasteiger charge is 2.19. The average Bonchev–Trinajstić information content (AvgIpc) is 3.05. The first-order valence-corrected chi connectivity index (χ1v) is 8.81. The molecule has 1 unspecified atom stereocenters. The smallest absolute Gasteiger partial charge is 0.242 e. The molecule has 6 nitrogen and oxygen atoms in total. The van der Waals surface area contributed by atoms with Gasteiger partial charge in [-0.1, -0.05) is 38.1 Å². The first-order valence-electron chi connectivity index (χ1n) is 8.81. The van der Waals surface area contributed by atoms with E-state index in [4.69, 9.17) is 0 Å². The molecule has 0 saturated heterocycles. The summed E-state index contributed by atoms with van der Waals surface area (Å²) in [5, 5.41) is 10.2. The number of carbonyl (C=O) groups is 1. The lowest BCUT2D eigenvalue weighted by atomic mass is 10.1. The predicted octanol–water partition coefficient (Wildman–Crippen LogP) is 1.84. The van der Waals surface area contributed by atoms with Crippen molar-refractivity contribution in [1.29, 1.82) is 0 Å². The molecule has 2 rings (SSSR count). The Labute approximate surface area is 150 Å². The molecule has 0 bridgehead atoms. The predicted molar refractivity (Wildman–Crippen MR) is 99.9 cm³/mol. The minimum atomic E-state index is -0.393. The second kappa shape index (κ2) is 9.34. The highest BCUT2D eigenvalue weighted by molar-refractivity contribution is 5.83. The quantitative estimate of drug-likeness (QED) is 0.729. The number of nitrogens with zero attached hydrogens (tertiary/aromatic N) is 3. The number of rotatable bonds is 9. The summed E-state index contributed by atoms with van der Waals surface area (Å²) in [6.07, 6.45) is 3.56. The Morgan fingerprint density at radius 3 is 2.36 bits per heavy atom. The van der Waals surface area contributed by atoms with Gasteiger partial charge < -0.3 is 10.6 Å². The van der Waals surface area contributed by atoms with Crippen LogP contribution in [0.3, 0.4) is 0 Å². The molecule has 2 N–H and O–H groups in total. The minimum absolute atomic E-state index is 0.0530. The van der Waals surface area contributed by atoms with E-state index in [2.05, 4.69) is 58.7 Å². The molecule has 0 fully saturated rings. The van der Waals surface area contributed by atoms with Crippen LogP contribution in [-0.2, 0) is 24.9 Å². The molecule has 0 saturated carbocycles. The fourth-order valence-electron chi connectivity index (χ4n) is 2.80. The van der Waals surface area contributed by atoms with Gasteiger partial charge in [0.25, 0.3) is 0 Å². The molecule has 0 aliphatic heterocycles. The molecule has 0 spiro atoms. The summed E-state index contributed by atoms with van der Waals surface area (Å²) in [7, 11) is 3.62. The van der Waals surface area contributed by atoms with Gasteiger partial charge in [0.15, 0.2) is 0 Å². The van der Waals surface area contributed by atoms with Crippen LogP contribution in [0.2, 0.25) is 0 Å². The summed E-state index contributed by atoms with van der Waals surface area (Å²) < 4.78 is 1.70. The van der Waals surface area contributed by atoms with Gasteiger partial charge in [0.1, 0.15) is 6.04 Å². The van der Waals surface area contributed by atoms with Crippen molar-refractivity contribution in [1.82, 2.24) is 25.3 Å². The fraction of sp³-hybridized carbons (Fsp3) is 0.474. The van der Waals surface area contributed by atoms with E-state index in [-0.39, 0.29) is 5.91 Å². The van der Waals surface area contributed by atoms with E-state index in [1.54, 1.807) is 17.9 Å². The van der Waals surface area contributed by atoms with Crippen molar-refractivity contribution in [3.63, 3.8) is 0 Å². The first-order chi connectivity index (χ1) is 12.1. The Morgan fingerprint density at radius 2 is 1.84 bits per heavy atom. The molecular weight excluding hydrogens is 314 g/mol. The number of nitrogens with one attached hydrogen (secondary N) is 2. The van der Waals surface area contributed by atoms with Gasteiger partial charge in [0, 0.05) is 31.9 Å². The number of aromatic nitrogens is 2. The Morgan fingerprint density at radius 1 is 1.20 bits per heavy atom. The third kappa shape index (κ3) is 5.41. The highest BCUT2D eigenvalue weighted by atomic mass is 16.2. The summed E-state index contributed by atoms with van der Waals surface area (Å²) in [6.45, 7) is 7.93. The number of amides is 1. The van der Waals surface area contributed by atoms with E-state index in [1.165, 1.54) is 5.56 Å². The molecule has 0 radical (unpaired) electrons. The van der Waals surface area contributed by atoms with E-state index in [0.29, 0.717) is 6.54 Å². The maximum Gasteiger partial charge on any atom is 0.242 e. The Bertz CT molecular complexity index is 661. The standard InChI is InChI=1S/C19H29N5O/c1-5-24(6-2)13-16-9-7-15(8-10-16)11-21-19(25)18(20-3)17-12-22-23(4)14-17/h7-10,12,14,18,20H,5-6,11,13H2,1-4H3,(H,21,25). The van der Waals surface area contributed by atoms with Gasteiger partial charge in [-0.2, -0.15) is 5.10 Å². The van der Waals surface area contributed by atoms with Gasteiger partial charge in [-0.05, 0) is 31.3 Å². The van der Waals surface area contributed by atoms with Crippen LogP contribution < -0.4 is 10.6 Å². The second-order valence-corrected chi connectivity index (χ2v) is 6.16. The highest BCUT2D eigenvalue weighted by Crippen LogP contribution is 2.12. The number of hydrogen-bond acceptors (Lipinski definition) is 4. The van der Waals surface area contributed by atoms with Crippen molar-refractivity contribution < 1.29 is 4.79 Å². The van der Waals surface area contributed by atoms with E-state index in [0.717, 1.165) is 30.8 Å². The topological polar surface area (TPSA) is 62.2 Å². The van der Waals surface area contributed by atoms with Crippen LogP contribution in [0.15, 0.2) is 36.7 Å². The van der Waals surface area contributed by atoms with Crippen LogP contribution in [0.25, 0.3) is 0 Å². The molecule has 136 valence electrons. The molecule has 1 aromatic heterocycles. The largest absolute Gasteiger partial charge is 0.350 e. The summed E-state index contributed by atoms with van der Waals surface area (Å²) >= 11 is 0. The lowest BCUT2D eigenvalue weighted by molar-refractivity contribution is -0.123. The van der Waals surface area contributed by atoms with Crippen LogP contribution in [0.1, 0.15) is 36.6 Å². The number of hydrogen-bond donors (Lipinski definition) is 2. The van der Waals surface area contributed by atoms with Gasteiger partial charge in [-0.15, -0.1) is 0 Å². The van der Waals surface area contributed by atoms with E-state index >= 15 is 0 Å². The lowest BCUT2D eigenvalue weighted by Gasteiger charge is -2.18. The van der Waals surface area contributed by atoms with Gasteiger partial charge in [-0.3, -0.25) is 14.4 Å². The second-order valence-electron chi connectivity index (χ2n) is 6.16. The van der Waals surface area contributed by atoms with Gasteiger partial charge in [0.2, 0.25) is 5.91 Å². The SMILES string of the molecule is CCN(CC)Cc1ccc(CNC(=O)C(NC)c2cnn(C)c2)cc1. The molecule has 1 amide bonds. The minimum Gasteiger partial charge on any atom is -0.350 e. The van der Waals surface area contributed by atoms with Crippen molar-refractivity contribution in [2.75, 3.05) is 20.1 Å². The zero-order chi connectivity index (χ0) is 18.2. The summed E-state index contributed by atoms with van der Waals surface area (Å²) in [5.41, 5.74) is 3.25. The van der Waals surface area contributed by atoms with Gasteiger partial charge in [0.05, 0.1) is 6.20 Å². The summed E-state index contributed by atoms with van der Waals surface area (Å²) in [6, 6.07) is 8.04. The monoisotopic (exact) mass is 343 g/mol. The maximum absolute atomic E-state index is 12.4. The van der Waals surface area contributed by atoms with Crippen molar-refractivity contribution in [2.45, 2.75) is 33.0 Å².